The lowest BCUT2D eigenvalue weighted by Gasteiger charge is -2.20. The van der Waals surface area contributed by atoms with Gasteiger partial charge in [-0.25, -0.2) is 4.39 Å². The lowest BCUT2D eigenvalue weighted by Crippen LogP contribution is -2.24. The number of nitrogens with one attached hydrogen (secondary N) is 1. The molecule has 0 heterocycles. The molecule has 20 heavy (non-hydrogen) atoms. The van der Waals surface area contributed by atoms with E-state index in [1.54, 1.807) is 6.07 Å². The van der Waals surface area contributed by atoms with Crippen LogP contribution in [-0.4, -0.2) is 6.54 Å². The normalized spacial score (nSPS) is 12.4. The molecular weight excluding hydrogens is 273 g/mol. The number of hydrogen-bond donors (Lipinski definition) is 1. The first-order valence-corrected chi connectivity index (χ1v) is 7.25. The van der Waals surface area contributed by atoms with Gasteiger partial charge in [0.15, 0.2) is 0 Å². The smallest absolute Gasteiger partial charge is 0.128 e. The van der Waals surface area contributed by atoms with Gasteiger partial charge < -0.3 is 5.32 Å². The summed E-state index contributed by atoms with van der Waals surface area (Å²) in [4.78, 5) is 0. The van der Waals surface area contributed by atoms with Crippen molar-refractivity contribution in [1.29, 1.82) is 0 Å². The Kier molecular flexibility index (Phi) is 5.16. The highest BCUT2D eigenvalue weighted by atomic mass is 35.5. The van der Waals surface area contributed by atoms with Crippen LogP contribution >= 0.6 is 11.6 Å². The van der Waals surface area contributed by atoms with Gasteiger partial charge >= 0.3 is 0 Å². The molecular formula is C17H19ClFN. The molecule has 0 spiro atoms. The summed E-state index contributed by atoms with van der Waals surface area (Å²) in [5, 5.41) is 4.10. The van der Waals surface area contributed by atoms with Gasteiger partial charge in [0.1, 0.15) is 5.82 Å². The molecule has 2 aromatic carbocycles. The van der Waals surface area contributed by atoms with Crippen LogP contribution in [0.2, 0.25) is 5.02 Å². The minimum atomic E-state index is -0.196. The van der Waals surface area contributed by atoms with Crippen molar-refractivity contribution in [2.75, 3.05) is 6.54 Å². The molecule has 0 fully saturated rings. The Balaban J connectivity index is 2.41. The van der Waals surface area contributed by atoms with Crippen molar-refractivity contribution in [3.63, 3.8) is 0 Å². The molecule has 1 atom stereocenters. The minimum Gasteiger partial charge on any atom is -0.306 e. The fourth-order valence-corrected chi connectivity index (χ4v) is 2.38. The highest BCUT2D eigenvalue weighted by molar-refractivity contribution is 6.31. The fourth-order valence-electron chi connectivity index (χ4n) is 2.19. The van der Waals surface area contributed by atoms with E-state index in [9.17, 15) is 4.39 Å². The summed E-state index contributed by atoms with van der Waals surface area (Å²) in [7, 11) is 0. The fraction of sp³-hybridized carbons (Fsp3) is 0.294. The van der Waals surface area contributed by atoms with Crippen molar-refractivity contribution >= 4 is 11.6 Å². The highest BCUT2D eigenvalue weighted by Gasteiger charge is 2.17. The second-order valence-electron chi connectivity index (χ2n) is 4.92. The van der Waals surface area contributed by atoms with Crippen molar-refractivity contribution in [1.82, 2.24) is 5.32 Å². The molecule has 0 aromatic heterocycles. The van der Waals surface area contributed by atoms with Crippen LogP contribution < -0.4 is 5.32 Å². The van der Waals surface area contributed by atoms with Crippen LogP contribution in [0.5, 0.6) is 0 Å². The zero-order valence-corrected chi connectivity index (χ0v) is 12.5. The Morgan fingerprint density at radius 3 is 2.60 bits per heavy atom. The largest absolute Gasteiger partial charge is 0.306 e. The van der Waals surface area contributed by atoms with Gasteiger partial charge in [0.2, 0.25) is 0 Å². The van der Waals surface area contributed by atoms with Gasteiger partial charge in [-0.15, -0.1) is 0 Å². The zero-order valence-electron chi connectivity index (χ0n) is 11.8. The Labute approximate surface area is 124 Å². The van der Waals surface area contributed by atoms with Crippen molar-refractivity contribution in [3.05, 3.63) is 70.0 Å². The molecule has 1 nitrogen and oxygen atoms in total. The first-order chi connectivity index (χ1) is 9.63. The van der Waals surface area contributed by atoms with E-state index in [0.717, 1.165) is 24.1 Å². The van der Waals surface area contributed by atoms with Crippen LogP contribution in [-0.2, 0) is 0 Å². The Bertz CT molecular complexity index is 583. The van der Waals surface area contributed by atoms with E-state index >= 15 is 0 Å². The topological polar surface area (TPSA) is 12.0 Å². The zero-order chi connectivity index (χ0) is 14.5. The number of aryl methyl sites for hydroxylation is 1. The van der Waals surface area contributed by atoms with Gasteiger partial charge in [0.25, 0.3) is 0 Å². The van der Waals surface area contributed by atoms with E-state index < -0.39 is 0 Å². The van der Waals surface area contributed by atoms with Crippen molar-refractivity contribution in [2.45, 2.75) is 26.3 Å². The van der Waals surface area contributed by atoms with E-state index in [1.165, 1.54) is 6.07 Å². The lowest BCUT2D eigenvalue weighted by molar-refractivity contribution is 0.547. The Morgan fingerprint density at radius 1 is 1.20 bits per heavy atom. The SMILES string of the molecule is CCCNC(c1ccc(C)c(Cl)c1)c1ccccc1F. The lowest BCUT2D eigenvalue weighted by atomic mass is 9.97. The molecule has 3 heteroatoms. The first-order valence-electron chi connectivity index (χ1n) is 6.87. The second kappa shape index (κ2) is 6.87. The van der Waals surface area contributed by atoms with E-state index in [0.29, 0.717) is 10.6 Å². The summed E-state index contributed by atoms with van der Waals surface area (Å²) in [5.41, 5.74) is 2.67. The predicted octanol–water partition coefficient (Wildman–Crippen LogP) is 4.88. The van der Waals surface area contributed by atoms with Crippen LogP contribution in [0.4, 0.5) is 4.39 Å². The van der Waals surface area contributed by atoms with Gasteiger partial charge in [-0.1, -0.05) is 48.9 Å². The quantitative estimate of drug-likeness (QED) is 0.828. The molecule has 0 bridgehead atoms. The molecule has 0 aliphatic carbocycles. The van der Waals surface area contributed by atoms with Crippen molar-refractivity contribution < 1.29 is 4.39 Å². The summed E-state index contributed by atoms with van der Waals surface area (Å²) in [6.45, 7) is 4.88. The third-order valence-electron chi connectivity index (χ3n) is 3.34. The summed E-state index contributed by atoms with van der Waals surface area (Å²) in [6.07, 6.45) is 0.991. The first kappa shape index (κ1) is 15.0. The molecule has 2 rings (SSSR count). The minimum absolute atomic E-state index is 0.172. The average Bonchev–Trinajstić information content (AvgIpc) is 2.44. The Morgan fingerprint density at radius 2 is 1.95 bits per heavy atom. The molecule has 0 amide bonds. The van der Waals surface area contributed by atoms with Crippen molar-refractivity contribution in [2.24, 2.45) is 0 Å². The number of hydrogen-bond acceptors (Lipinski definition) is 1. The summed E-state index contributed by atoms with van der Waals surface area (Å²) in [6, 6.07) is 12.6. The van der Waals surface area contributed by atoms with Gasteiger partial charge in [0, 0.05) is 10.6 Å². The van der Waals surface area contributed by atoms with Crippen LogP contribution in [0.1, 0.15) is 36.1 Å². The molecule has 1 unspecified atom stereocenters. The van der Waals surface area contributed by atoms with Gasteiger partial charge in [0.05, 0.1) is 6.04 Å². The standard InChI is InChI=1S/C17H19ClFN/c1-3-10-20-17(14-6-4-5-7-16(14)19)13-9-8-12(2)15(18)11-13/h4-9,11,17,20H,3,10H2,1-2H3. The molecule has 0 radical (unpaired) electrons. The van der Waals surface area contributed by atoms with Crippen LogP contribution in [0.15, 0.2) is 42.5 Å². The van der Waals surface area contributed by atoms with Gasteiger partial charge in [-0.3, -0.25) is 0 Å². The highest BCUT2D eigenvalue weighted by Crippen LogP contribution is 2.27. The Hall–Kier alpha value is -1.38. The van der Waals surface area contributed by atoms with E-state index in [1.807, 2.05) is 37.3 Å². The molecule has 2 aromatic rings. The number of rotatable bonds is 5. The number of benzene rings is 2. The molecule has 0 aliphatic heterocycles. The maximum atomic E-state index is 14.1. The van der Waals surface area contributed by atoms with Gasteiger partial charge in [-0.2, -0.15) is 0 Å². The molecule has 0 saturated carbocycles. The number of halogens is 2. The molecule has 0 saturated heterocycles. The molecule has 0 aliphatic rings. The third-order valence-corrected chi connectivity index (χ3v) is 3.75. The van der Waals surface area contributed by atoms with E-state index in [2.05, 4.69) is 12.2 Å². The van der Waals surface area contributed by atoms with Crippen molar-refractivity contribution in [3.8, 4) is 0 Å². The van der Waals surface area contributed by atoms with E-state index in [-0.39, 0.29) is 11.9 Å². The summed E-state index contributed by atoms with van der Waals surface area (Å²) < 4.78 is 14.1. The van der Waals surface area contributed by atoms with Crippen LogP contribution in [0, 0.1) is 12.7 Å². The average molecular weight is 292 g/mol. The third kappa shape index (κ3) is 3.38. The van der Waals surface area contributed by atoms with Gasteiger partial charge in [-0.05, 0) is 43.1 Å². The monoisotopic (exact) mass is 291 g/mol. The van der Waals surface area contributed by atoms with Crippen LogP contribution in [0.3, 0.4) is 0 Å². The summed E-state index contributed by atoms with van der Waals surface area (Å²) in [5.74, 6) is -0.196. The maximum Gasteiger partial charge on any atom is 0.128 e. The molecule has 1 N–H and O–H groups in total. The van der Waals surface area contributed by atoms with E-state index in [4.69, 9.17) is 11.6 Å². The maximum absolute atomic E-state index is 14.1. The second-order valence-corrected chi connectivity index (χ2v) is 5.32. The summed E-state index contributed by atoms with van der Waals surface area (Å²) >= 11 is 6.20. The van der Waals surface area contributed by atoms with Crippen LogP contribution in [0.25, 0.3) is 0 Å². The molecule has 106 valence electrons. The predicted molar refractivity (Wildman–Crippen MR) is 82.7 cm³/mol.